The van der Waals surface area contributed by atoms with E-state index in [1.807, 2.05) is 12.1 Å². The fraction of sp³-hybridized carbons (Fsp3) is 0.154. The Labute approximate surface area is 114 Å². The standard InChI is InChI=1S/C13H12BrClN2/c1-8-3-4-11(5-9(8)2)17-13-12(15)6-10(14)7-16-13/h3-7H,1-2H3,(H,16,17). The summed E-state index contributed by atoms with van der Waals surface area (Å²) in [6, 6.07) is 7.99. The lowest BCUT2D eigenvalue weighted by atomic mass is 10.1. The van der Waals surface area contributed by atoms with Crippen molar-refractivity contribution in [2.75, 3.05) is 5.32 Å². The fourth-order valence-corrected chi connectivity index (χ4v) is 2.14. The molecule has 17 heavy (non-hydrogen) atoms. The van der Waals surface area contributed by atoms with E-state index in [9.17, 15) is 0 Å². The number of hydrogen-bond acceptors (Lipinski definition) is 2. The van der Waals surface area contributed by atoms with Crippen LogP contribution in [-0.2, 0) is 0 Å². The van der Waals surface area contributed by atoms with Crippen LogP contribution in [0.2, 0.25) is 5.02 Å². The number of nitrogens with zero attached hydrogens (tertiary/aromatic N) is 1. The second kappa shape index (κ2) is 5.07. The van der Waals surface area contributed by atoms with Gasteiger partial charge in [0.05, 0.1) is 5.02 Å². The molecule has 0 radical (unpaired) electrons. The molecule has 0 aliphatic heterocycles. The van der Waals surface area contributed by atoms with E-state index in [4.69, 9.17) is 11.6 Å². The molecule has 2 rings (SSSR count). The Bertz CT molecular complexity index is 555. The molecule has 1 N–H and O–H groups in total. The van der Waals surface area contributed by atoms with Crippen molar-refractivity contribution in [1.29, 1.82) is 0 Å². The summed E-state index contributed by atoms with van der Waals surface area (Å²) < 4.78 is 0.869. The lowest BCUT2D eigenvalue weighted by molar-refractivity contribution is 1.28. The number of hydrogen-bond donors (Lipinski definition) is 1. The maximum absolute atomic E-state index is 6.10. The second-order valence-corrected chi connectivity index (χ2v) is 5.23. The highest BCUT2D eigenvalue weighted by molar-refractivity contribution is 9.10. The molecule has 88 valence electrons. The molecule has 1 aromatic heterocycles. The number of pyridine rings is 1. The third-order valence-corrected chi connectivity index (χ3v) is 3.30. The summed E-state index contributed by atoms with van der Waals surface area (Å²) in [5, 5.41) is 3.80. The molecule has 0 unspecified atom stereocenters. The molecule has 0 bridgehead atoms. The molecule has 0 aliphatic carbocycles. The number of halogens is 2. The average Bonchev–Trinajstić information content (AvgIpc) is 2.27. The van der Waals surface area contributed by atoms with Crippen LogP contribution in [-0.4, -0.2) is 4.98 Å². The highest BCUT2D eigenvalue weighted by atomic mass is 79.9. The highest BCUT2D eigenvalue weighted by Crippen LogP contribution is 2.26. The molecule has 0 saturated heterocycles. The van der Waals surface area contributed by atoms with Crippen LogP contribution in [0.4, 0.5) is 11.5 Å². The van der Waals surface area contributed by atoms with E-state index < -0.39 is 0 Å². The topological polar surface area (TPSA) is 24.9 Å². The van der Waals surface area contributed by atoms with E-state index in [1.165, 1.54) is 11.1 Å². The largest absolute Gasteiger partial charge is 0.339 e. The molecule has 1 aromatic carbocycles. The first-order valence-corrected chi connectivity index (χ1v) is 6.38. The van der Waals surface area contributed by atoms with Gasteiger partial charge in [0.25, 0.3) is 0 Å². The minimum atomic E-state index is 0.595. The number of anilines is 2. The first kappa shape index (κ1) is 12.4. The van der Waals surface area contributed by atoms with Gasteiger partial charge < -0.3 is 5.32 Å². The van der Waals surface area contributed by atoms with Gasteiger partial charge in [-0.3, -0.25) is 0 Å². The number of aromatic nitrogens is 1. The van der Waals surface area contributed by atoms with Gasteiger partial charge in [0, 0.05) is 16.4 Å². The molecule has 2 aromatic rings. The SMILES string of the molecule is Cc1ccc(Nc2ncc(Br)cc2Cl)cc1C. The van der Waals surface area contributed by atoms with Gasteiger partial charge in [-0.2, -0.15) is 0 Å². The van der Waals surface area contributed by atoms with Crippen LogP contribution < -0.4 is 5.32 Å². The second-order valence-electron chi connectivity index (χ2n) is 3.91. The Hall–Kier alpha value is -1.06. The van der Waals surface area contributed by atoms with Crippen molar-refractivity contribution in [2.24, 2.45) is 0 Å². The molecule has 0 atom stereocenters. The predicted molar refractivity (Wildman–Crippen MR) is 76.1 cm³/mol. The number of benzene rings is 1. The van der Waals surface area contributed by atoms with Crippen LogP contribution in [0.15, 0.2) is 34.9 Å². The summed E-state index contributed by atoms with van der Waals surface area (Å²) in [5.74, 6) is 0.665. The van der Waals surface area contributed by atoms with Crippen molar-refractivity contribution < 1.29 is 0 Å². The van der Waals surface area contributed by atoms with Crippen molar-refractivity contribution in [1.82, 2.24) is 4.98 Å². The summed E-state index contributed by atoms with van der Waals surface area (Å²) in [6.45, 7) is 4.17. The van der Waals surface area contributed by atoms with Crippen LogP contribution in [0.5, 0.6) is 0 Å². The van der Waals surface area contributed by atoms with E-state index >= 15 is 0 Å². The lowest BCUT2D eigenvalue weighted by Gasteiger charge is -2.09. The quantitative estimate of drug-likeness (QED) is 0.857. The van der Waals surface area contributed by atoms with Crippen molar-refractivity contribution in [2.45, 2.75) is 13.8 Å². The summed E-state index contributed by atoms with van der Waals surface area (Å²) in [5.41, 5.74) is 3.50. The summed E-state index contributed by atoms with van der Waals surface area (Å²) in [4.78, 5) is 4.24. The molecule has 0 amide bonds. The Kier molecular flexibility index (Phi) is 3.69. The maximum atomic E-state index is 6.10. The molecule has 2 nitrogen and oxygen atoms in total. The Morgan fingerprint density at radius 2 is 1.94 bits per heavy atom. The average molecular weight is 312 g/mol. The molecule has 4 heteroatoms. The van der Waals surface area contributed by atoms with Crippen molar-refractivity contribution in [3.05, 3.63) is 51.1 Å². The van der Waals surface area contributed by atoms with Gasteiger partial charge in [-0.1, -0.05) is 17.7 Å². The van der Waals surface area contributed by atoms with Gasteiger partial charge in [-0.25, -0.2) is 4.98 Å². The first-order chi connectivity index (χ1) is 8.06. The molecule has 1 heterocycles. The van der Waals surface area contributed by atoms with Crippen LogP contribution in [0.1, 0.15) is 11.1 Å². The van der Waals surface area contributed by atoms with E-state index in [-0.39, 0.29) is 0 Å². The third-order valence-electron chi connectivity index (χ3n) is 2.58. The predicted octanol–water partition coefficient (Wildman–Crippen LogP) is 4.86. The van der Waals surface area contributed by atoms with Crippen molar-refractivity contribution >= 4 is 39.0 Å². The van der Waals surface area contributed by atoms with Crippen molar-refractivity contribution in [3.63, 3.8) is 0 Å². The minimum absolute atomic E-state index is 0.595. The molecular formula is C13H12BrClN2. The summed E-state index contributed by atoms with van der Waals surface area (Å²) in [6.07, 6.45) is 1.72. The fourth-order valence-electron chi connectivity index (χ4n) is 1.46. The van der Waals surface area contributed by atoms with E-state index in [0.717, 1.165) is 10.2 Å². The van der Waals surface area contributed by atoms with E-state index in [1.54, 1.807) is 6.20 Å². The zero-order valence-electron chi connectivity index (χ0n) is 9.59. The van der Waals surface area contributed by atoms with Gasteiger partial charge >= 0.3 is 0 Å². The normalized spacial score (nSPS) is 10.4. The van der Waals surface area contributed by atoms with Crippen LogP contribution >= 0.6 is 27.5 Å². The molecule has 0 fully saturated rings. The van der Waals surface area contributed by atoms with Crippen LogP contribution in [0.3, 0.4) is 0 Å². The summed E-state index contributed by atoms with van der Waals surface area (Å²) >= 11 is 9.42. The molecule has 0 aliphatic rings. The maximum Gasteiger partial charge on any atom is 0.149 e. The Balaban J connectivity index is 2.28. The highest BCUT2D eigenvalue weighted by Gasteiger charge is 2.03. The van der Waals surface area contributed by atoms with Gasteiger partial charge in [0.1, 0.15) is 5.82 Å². The van der Waals surface area contributed by atoms with Gasteiger partial charge in [-0.15, -0.1) is 0 Å². The van der Waals surface area contributed by atoms with Crippen LogP contribution in [0.25, 0.3) is 0 Å². The lowest BCUT2D eigenvalue weighted by Crippen LogP contribution is -1.95. The number of aryl methyl sites for hydroxylation is 2. The monoisotopic (exact) mass is 310 g/mol. The molecular weight excluding hydrogens is 300 g/mol. The van der Waals surface area contributed by atoms with Gasteiger partial charge in [0.15, 0.2) is 0 Å². The molecule has 0 saturated carbocycles. The Morgan fingerprint density at radius 3 is 2.59 bits per heavy atom. The van der Waals surface area contributed by atoms with Crippen molar-refractivity contribution in [3.8, 4) is 0 Å². The smallest absolute Gasteiger partial charge is 0.149 e. The zero-order chi connectivity index (χ0) is 12.4. The Morgan fingerprint density at radius 1 is 1.18 bits per heavy atom. The summed E-state index contributed by atoms with van der Waals surface area (Å²) in [7, 11) is 0. The molecule has 0 spiro atoms. The van der Waals surface area contributed by atoms with Gasteiger partial charge in [0.2, 0.25) is 0 Å². The first-order valence-electron chi connectivity index (χ1n) is 5.21. The third kappa shape index (κ3) is 2.99. The number of nitrogens with one attached hydrogen (secondary N) is 1. The zero-order valence-corrected chi connectivity index (χ0v) is 11.9. The van der Waals surface area contributed by atoms with Crippen LogP contribution in [0, 0.1) is 13.8 Å². The minimum Gasteiger partial charge on any atom is -0.339 e. The van der Waals surface area contributed by atoms with E-state index in [2.05, 4.69) is 52.2 Å². The van der Waals surface area contributed by atoms with E-state index in [0.29, 0.717) is 10.8 Å². The van der Waals surface area contributed by atoms with Gasteiger partial charge in [-0.05, 0) is 59.1 Å². The number of rotatable bonds is 2.